The largest absolute Gasteiger partial charge is 0.871 e. The van der Waals surface area contributed by atoms with Gasteiger partial charge in [-0.3, -0.25) is 20.2 Å². The first kappa shape index (κ1) is 21.1. The summed E-state index contributed by atoms with van der Waals surface area (Å²) in [4.78, 5) is 22.7. The van der Waals surface area contributed by atoms with Gasteiger partial charge in [0.25, 0.3) is 11.6 Å². The molecule has 0 unspecified atom stereocenters. The fourth-order valence-corrected chi connectivity index (χ4v) is 2.44. The number of anilines is 1. The standard InChI is InChI=1S/C19H21N3O5S/c1-12(2)9-10-27-17-6-4-3-5-14(17)18(24)21-19(28)20-15-11-13(22(25)26)7-8-16(15)23/h3-8,11-12,23H,9-10H2,1-2H3,(H2,20,21,24,28)/p-1. The third kappa shape index (κ3) is 5.92. The average Bonchev–Trinajstić information content (AvgIpc) is 2.63. The second-order valence-electron chi connectivity index (χ2n) is 6.37. The SMILES string of the molecule is CC(C)CCOc1ccccc1C(=O)NC(=S)Nc1cc([N+](=O)[O-])ccc1[O-]. The molecule has 0 aliphatic rings. The Labute approximate surface area is 167 Å². The summed E-state index contributed by atoms with van der Waals surface area (Å²) >= 11 is 5.05. The van der Waals surface area contributed by atoms with Gasteiger partial charge in [-0.05, 0) is 36.7 Å². The van der Waals surface area contributed by atoms with E-state index in [1.54, 1.807) is 24.3 Å². The molecule has 0 spiro atoms. The van der Waals surface area contributed by atoms with Crippen LogP contribution in [-0.2, 0) is 0 Å². The second-order valence-corrected chi connectivity index (χ2v) is 6.78. The van der Waals surface area contributed by atoms with Gasteiger partial charge in [0.2, 0.25) is 0 Å². The maximum Gasteiger partial charge on any atom is 0.271 e. The lowest BCUT2D eigenvalue weighted by molar-refractivity contribution is -0.385. The van der Waals surface area contributed by atoms with Crippen LogP contribution in [0, 0.1) is 16.0 Å². The molecule has 0 atom stereocenters. The smallest absolute Gasteiger partial charge is 0.271 e. The molecule has 2 N–H and O–H groups in total. The Hall–Kier alpha value is -3.20. The number of benzene rings is 2. The van der Waals surface area contributed by atoms with Crippen molar-refractivity contribution in [2.45, 2.75) is 20.3 Å². The molecule has 0 radical (unpaired) electrons. The Morgan fingerprint density at radius 3 is 2.64 bits per heavy atom. The highest BCUT2D eigenvalue weighted by atomic mass is 32.1. The maximum absolute atomic E-state index is 12.5. The highest BCUT2D eigenvalue weighted by molar-refractivity contribution is 7.80. The van der Waals surface area contributed by atoms with Crippen LogP contribution in [0.3, 0.4) is 0 Å². The van der Waals surface area contributed by atoms with Crippen molar-refractivity contribution in [1.29, 1.82) is 0 Å². The molecule has 0 fully saturated rings. The highest BCUT2D eigenvalue weighted by Crippen LogP contribution is 2.25. The lowest BCUT2D eigenvalue weighted by atomic mass is 10.1. The summed E-state index contributed by atoms with van der Waals surface area (Å²) in [6.45, 7) is 4.62. The van der Waals surface area contributed by atoms with Crippen LogP contribution in [-0.4, -0.2) is 22.5 Å². The predicted octanol–water partition coefficient (Wildman–Crippen LogP) is 3.22. The quantitative estimate of drug-likeness (QED) is 0.415. The molecule has 2 aromatic rings. The van der Waals surface area contributed by atoms with Gasteiger partial charge in [-0.25, -0.2) is 0 Å². The lowest BCUT2D eigenvalue weighted by Crippen LogP contribution is -2.34. The van der Waals surface area contributed by atoms with E-state index < -0.39 is 16.6 Å². The van der Waals surface area contributed by atoms with Crippen LogP contribution in [0.2, 0.25) is 0 Å². The van der Waals surface area contributed by atoms with Gasteiger partial charge in [0.1, 0.15) is 5.75 Å². The summed E-state index contributed by atoms with van der Waals surface area (Å²) in [5, 5.41) is 27.5. The molecular weight excluding hydrogens is 382 g/mol. The number of ether oxygens (including phenoxy) is 1. The van der Waals surface area contributed by atoms with E-state index in [1.807, 2.05) is 0 Å². The van der Waals surface area contributed by atoms with E-state index in [0.29, 0.717) is 18.3 Å². The minimum atomic E-state index is -0.628. The third-order valence-electron chi connectivity index (χ3n) is 3.73. The zero-order valence-corrected chi connectivity index (χ0v) is 16.2. The van der Waals surface area contributed by atoms with Crippen LogP contribution in [0.25, 0.3) is 0 Å². The summed E-state index contributed by atoms with van der Waals surface area (Å²) in [5.41, 5.74) is -0.0714. The van der Waals surface area contributed by atoms with Crippen LogP contribution in [0.1, 0.15) is 30.6 Å². The first-order chi connectivity index (χ1) is 13.3. The highest BCUT2D eigenvalue weighted by Gasteiger charge is 2.15. The average molecular weight is 402 g/mol. The van der Waals surface area contributed by atoms with Crippen molar-refractivity contribution < 1.29 is 19.6 Å². The topological polar surface area (TPSA) is 117 Å². The molecule has 0 aromatic heterocycles. The minimum absolute atomic E-state index is 0.0963. The summed E-state index contributed by atoms with van der Waals surface area (Å²) in [7, 11) is 0. The number of hydrogen-bond donors (Lipinski definition) is 2. The minimum Gasteiger partial charge on any atom is -0.871 e. The molecule has 0 saturated carbocycles. The van der Waals surface area contributed by atoms with Crippen molar-refractivity contribution in [2.75, 3.05) is 11.9 Å². The van der Waals surface area contributed by atoms with Gasteiger partial charge in [0, 0.05) is 17.8 Å². The van der Waals surface area contributed by atoms with Crippen LogP contribution in [0.15, 0.2) is 42.5 Å². The number of nitrogens with one attached hydrogen (secondary N) is 2. The number of nitrogens with zero attached hydrogens (tertiary/aromatic N) is 1. The van der Waals surface area contributed by atoms with Crippen LogP contribution in [0.4, 0.5) is 11.4 Å². The predicted molar refractivity (Wildman–Crippen MR) is 108 cm³/mol. The molecule has 28 heavy (non-hydrogen) atoms. The molecule has 0 bridgehead atoms. The number of hydrogen-bond acceptors (Lipinski definition) is 6. The Morgan fingerprint density at radius 2 is 1.96 bits per heavy atom. The number of non-ortho nitro benzene ring substituents is 1. The molecule has 0 aliphatic heterocycles. The van der Waals surface area contributed by atoms with Crippen molar-refractivity contribution in [3.05, 3.63) is 58.1 Å². The number of nitro groups is 1. The molecule has 1 amide bonds. The van der Waals surface area contributed by atoms with Crippen molar-refractivity contribution in [1.82, 2.24) is 5.32 Å². The Bertz CT molecular complexity index is 886. The van der Waals surface area contributed by atoms with Crippen LogP contribution in [0.5, 0.6) is 11.5 Å². The Kier molecular flexibility index (Phi) is 7.28. The van der Waals surface area contributed by atoms with Gasteiger partial charge in [-0.1, -0.05) is 37.8 Å². The lowest BCUT2D eigenvalue weighted by Gasteiger charge is -2.16. The fourth-order valence-electron chi connectivity index (χ4n) is 2.24. The van der Waals surface area contributed by atoms with Gasteiger partial charge in [0.05, 0.1) is 17.1 Å². The summed E-state index contributed by atoms with van der Waals surface area (Å²) in [6, 6.07) is 9.94. The van der Waals surface area contributed by atoms with E-state index in [9.17, 15) is 20.0 Å². The molecule has 0 heterocycles. The number of carbonyl (C=O) groups is 1. The van der Waals surface area contributed by atoms with E-state index >= 15 is 0 Å². The van der Waals surface area contributed by atoms with Gasteiger partial charge in [-0.2, -0.15) is 0 Å². The molecule has 2 rings (SSSR count). The monoisotopic (exact) mass is 402 g/mol. The Balaban J connectivity index is 2.06. The maximum atomic E-state index is 12.5. The third-order valence-corrected chi connectivity index (χ3v) is 3.94. The van der Waals surface area contributed by atoms with Gasteiger partial charge in [0.15, 0.2) is 5.11 Å². The summed E-state index contributed by atoms with van der Waals surface area (Å²) in [6.07, 6.45) is 0.842. The second kappa shape index (κ2) is 9.65. The molecular formula is C19H20N3O5S-. The zero-order chi connectivity index (χ0) is 20.7. The fraction of sp³-hybridized carbons (Fsp3) is 0.263. The van der Waals surface area contributed by atoms with Crippen LogP contribution >= 0.6 is 12.2 Å². The molecule has 0 saturated heterocycles. The molecule has 2 aromatic carbocycles. The van der Waals surface area contributed by atoms with Crippen LogP contribution < -0.4 is 20.5 Å². The van der Waals surface area contributed by atoms with Gasteiger partial charge < -0.3 is 15.2 Å². The zero-order valence-electron chi connectivity index (χ0n) is 15.4. The van der Waals surface area contributed by atoms with Gasteiger partial charge in [-0.15, -0.1) is 0 Å². The van der Waals surface area contributed by atoms with Crippen molar-refractivity contribution in [3.63, 3.8) is 0 Å². The van der Waals surface area contributed by atoms with Crippen molar-refractivity contribution in [3.8, 4) is 11.5 Å². The number of thiocarbonyl (C=S) groups is 1. The number of amides is 1. The van der Waals surface area contributed by atoms with E-state index in [0.717, 1.165) is 24.6 Å². The normalized spacial score (nSPS) is 10.4. The van der Waals surface area contributed by atoms with E-state index in [4.69, 9.17) is 17.0 Å². The van der Waals surface area contributed by atoms with E-state index in [1.165, 1.54) is 0 Å². The van der Waals surface area contributed by atoms with E-state index in [2.05, 4.69) is 24.5 Å². The molecule has 148 valence electrons. The first-order valence-electron chi connectivity index (χ1n) is 8.57. The summed E-state index contributed by atoms with van der Waals surface area (Å²) < 4.78 is 5.68. The first-order valence-corrected chi connectivity index (χ1v) is 8.98. The number of rotatable bonds is 7. The Morgan fingerprint density at radius 1 is 1.25 bits per heavy atom. The number of nitro benzene ring substituents is 1. The molecule has 0 aliphatic carbocycles. The van der Waals surface area contributed by atoms with E-state index in [-0.39, 0.29) is 22.1 Å². The number of para-hydroxylation sites is 1. The number of carbonyl (C=O) groups excluding carboxylic acids is 1. The van der Waals surface area contributed by atoms with Gasteiger partial charge >= 0.3 is 0 Å². The van der Waals surface area contributed by atoms with Crippen molar-refractivity contribution in [2.24, 2.45) is 5.92 Å². The summed E-state index contributed by atoms with van der Waals surface area (Å²) in [5.74, 6) is -0.118. The van der Waals surface area contributed by atoms with Crippen molar-refractivity contribution >= 4 is 34.6 Å². The molecule has 9 heteroatoms. The molecule has 8 nitrogen and oxygen atoms in total.